The van der Waals surface area contributed by atoms with Crippen molar-refractivity contribution in [2.24, 2.45) is 5.73 Å². The number of benzene rings is 1. The third kappa shape index (κ3) is 2.68. The summed E-state index contributed by atoms with van der Waals surface area (Å²) in [5, 5.41) is 0. The second kappa shape index (κ2) is 5.23. The average molecular weight is 277 g/mol. The van der Waals surface area contributed by atoms with E-state index in [0.29, 0.717) is 6.54 Å². The summed E-state index contributed by atoms with van der Waals surface area (Å²) in [4.78, 5) is 4.37. The van der Waals surface area contributed by atoms with Gasteiger partial charge in [-0.05, 0) is 52.7 Å². The van der Waals surface area contributed by atoms with Crippen LogP contribution in [0, 0.1) is 0 Å². The molecule has 0 aliphatic rings. The molecule has 16 heavy (non-hydrogen) atoms. The Hall–Kier alpha value is -1.19. The molecular formula is C13H13BrN2. The van der Waals surface area contributed by atoms with Crippen molar-refractivity contribution in [3.8, 4) is 11.3 Å². The standard InChI is InChI=1S/C13H13BrN2/c14-12-4-5-13(16-9-12)11-3-1-2-10(8-11)6-7-15/h1-5,8-9H,6-7,15H2. The van der Waals surface area contributed by atoms with Crippen molar-refractivity contribution in [3.05, 3.63) is 52.6 Å². The number of halogens is 1. The molecule has 2 nitrogen and oxygen atoms in total. The summed E-state index contributed by atoms with van der Waals surface area (Å²) >= 11 is 3.38. The van der Waals surface area contributed by atoms with E-state index in [2.05, 4.69) is 39.1 Å². The third-order valence-corrected chi connectivity index (χ3v) is 2.85. The van der Waals surface area contributed by atoms with Crippen molar-refractivity contribution in [1.82, 2.24) is 4.98 Å². The Kier molecular flexibility index (Phi) is 3.70. The van der Waals surface area contributed by atoms with Gasteiger partial charge in [0.15, 0.2) is 0 Å². The van der Waals surface area contributed by atoms with Crippen molar-refractivity contribution >= 4 is 15.9 Å². The molecule has 2 rings (SSSR count). The van der Waals surface area contributed by atoms with Crippen LogP contribution in [0.5, 0.6) is 0 Å². The molecule has 0 radical (unpaired) electrons. The number of hydrogen-bond donors (Lipinski definition) is 1. The molecule has 0 saturated heterocycles. The Bertz CT molecular complexity index is 466. The number of rotatable bonds is 3. The van der Waals surface area contributed by atoms with Gasteiger partial charge < -0.3 is 5.73 Å². The van der Waals surface area contributed by atoms with E-state index in [1.807, 2.05) is 24.4 Å². The van der Waals surface area contributed by atoms with Gasteiger partial charge in [0.1, 0.15) is 0 Å². The molecule has 82 valence electrons. The van der Waals surface area contributed by atoms with Crippen LogP contribution in [-0.2, 0) is 6.42 Å². The lowest BCUT2D eigenvalue weighted by molar-refractivity contribution is 0.969. The molecule has 0 unspecified atom stereocenters. The van der Waals surface area contributed by atoms with Crippen LogP contribution in [0.15, 0.2) is 47.1 Å². The monoisotopic (exact) mass is 276 g/mol. The van der Waals surface area contributed by atoms with Gasteiger partial charge in [-0.2, -0.15) is 0 Å². The number of pyridine rings is 1. The SMILES string of the molecule is NCCc1cccc(-c2ccc(Br)cn2)c1. The largest absolute Gasteiger partial charge is 0.330 e. The molecule has 1 heterocycles. The highest BCUT2D eigenvalue weighted by molar-refractivity contribution is 9.10. The van der Waals surface area contributed by atoms with Gasteiger partial charge in [0.2, 0.25) is 0 Å². The van der Waals surface area contributed by atoms with Gasteiger partial charge in [-0.3, -0.25) is 4.98 Å². The Morgan fingerprint density at radius 3 is 2.75 bits per heavy atom. The fourth-order valence-electron chi connectivity index (χ4n) is 1.60. The van der Waals surface area contributed by atoms with E-state index in [0.717, 1.165) is 22.2 Å². The maximum absolute atomic E-state index is 5.55. The summed E-state index contributed by atoms with van der Waals surface area (Å²) in [7, 11) is 0. The molecule has 0 fully saturated rings. The van der Waals surface area contributed by atoms with Crippen LogP contribution in [0.1, 0.15) is 5.56 Å². The minimum Gasteiger partial charge on any atom is -0.330 e. The molecule has 0 saturated carbocycles. The van der Waals surface area contributed by atoms with E-state index in [9.17, 15) is 0 Å². The fraction of sp³-hybridized carbons (Fsp3) is 0.154. The normalized spacial score (nSPS) is 10.4. The zero-order chi connectivity index (χ0) is 11.4. The van der Waals surface area contributed by atoms with Gasteiger partial charge in [-0.25, -0.2) is 0 Å². The third-order valence-electron chi connectivity index (χ3n) is 2.38. The quantitative estimate of drug-likeness (QED) is 0.936. The highest BCUT2D eigenvalue weighted by Crippen LogP contribution is 2.20. The summed E-state index contributed by atoms with van der Waals surface area (Å²) in [6.45, 7) is 0.678. The van der Waals surface area contributed by atoms with Crippen molar-refractivity contribution in [2.75, 3.05) is 6.54 Å². The molecule has 0 aliphatic heterocycles. The van der Waals surface area contributed by atoms with Crippen molar-refractivity contribution in [3.63, 3.8) is 0 Å². The molecule has 2 N–H and O–H groups in total. The molecule has 2 aromatic rings. The number of hydrogen-bond acceptors (Lipinski definition) is 2. The average Bonchev–Trinajstić information content (AvgIpc) is 2.31. The molecule has 0 spiro atoms. The maximum Gasteiger partial charge on any atom is 0.0702 e. The number of aromatic nitrogens is 1. The second-order valence-electron chi connectivity index (χ2n) is 3.60. The first-order valence-corrected chi connectivity index (χ1v) is 6.00. The summed E-state index contributed by atoms with van der Waals surface area (Å²) in [6.07, 6.45) is 2.72. The molecule has 1 aromatic carbocycles. The van der Waals surface area contributed by atoms with Crippen LogP contribution in [0.25, 0.3) is 11.3 Å². The molecule has 0 amide bonds. The predicted molar refractivity (Wildman–Crippen MR) is 70.1 cm³/mol. The van der Waals surface area contributed by atoms with E-state index in [1.165, 1.54) is 5.56 Å². The first-order chi connectivity index (χ1) is 7.79. The van der Waals surface area contributed by atoms with Gasteiger partial charge in [-0.15, -0.1) is 0 Å². The second-order valence-corrected chi connectivity index (χ2v) is 4.52. The Morgan fingerprint density at radius 2 is 2.06 bits per heavy atom. The number of nitrogens with two attached hydrogens (primary N) is 1. The predicted octanol–water partition coefficient (Wildman–Crippen LogP) is 3.01. The Labute approximate surface area is 104 Å². The van der Waals surface area contributed by atoms with Gasteiger partial charge >= 0.3 is 0 Å². The lowest BCUT2D eigenvalue weighted by atomic mass is 10.1. The minimum absolute atomic E-state index is 0.678. The van der Waals surface area contributed by atoms with Crippen LogP contribution in [0.3, 0.4) is 0 Å². The van der Waals surface area contributed by atoms with E-state index in [4.69, 9.17) is 5.73 Å². The highest BCUT2D eigenvalue weighted by Gasteiger charge is 2.00. The van der Waals surface area contributed by atoms with Gasteiger partial charge in [0, 0.05) is 16.2 Å². The van der Waals surface area contributed by atoms with Crippen molar-refractivity contribution in [2.45, 2.75) is 6.42 Å². The summed E-state index contributed by atoms with van der Waals surface area (Å²) in [6, 6.07) is 12.3. The van der Waals surface area contributed by atoms with E-state index >= 15 is 0 Å². The van der Waals surface area contributed by atoms with E-state index in [1.54, 1.807) is 0 Å². The fourth-order valence-corrected chi connectivity index (χ4v) is 1.83. The lowest BCUT2D eigenvalue weighted by Crippen LogP contribution is -2.02. The zero-order valence-corrected chi connectivity index (χ0v) is 10.4. The van der Waals surface area contributed by atoms with Crippen LogP contribution in [-0.4, -0.2) is 11.5 Å². The van der Waals surface area contributed by atoms with E-state index < -0.39 is 0 Å². The summed E-state index contributed by atoms with van der Waals surface area (Å²) < 4.78 is 0.995. The molecule has 1 aromatic heterocycles. The van der Waals surface area contributed by atoms with Crippen molar-refractivity contribution in [1.29, 1.82) is 0 Å². The topological polar surface area (TPSA) is 38.9 Å². The highest BCUT2D eigenvalue weighted by atomic mass is 79.9. The van der Waals surface area contributed by atoms with Gasteiger partial charge in [-0.1, -0.05) is 18.2 Å². The molecular weight excluding hydrogens is 264 g/mol. The molecule has 0 aliphatic carbocycles. The van der Waals surface area contributed by atoms with Crippen LogP contribution >= 0.6 is 15.9 Å². The summed E-state index contributed by atoms with van der Waals surface area (Å²) in [5.74, 6) is 0. The smallest absolute Gasteiger partial charge is 0.0702 e. The lowest BCUT2D eigenvalue weighted by Gasteiger charge is -2.04. The molecule has 3 heteroatoms. The first kappa shape index (κ1) is 11.3. The molecule has 0 atom stereocenters. The van der Waals surface area contributed by atoms with Crippen LogP contribution in [0.2, 0.25) is 0 Å². The zero-order valence-electron chi connectivity index (χ0n) is 8.86. The molecule has 0 bridgehead atoms. The number of nitrogens with zero attached hydrogens (tertiary/aromatic N) is 1. The maximum atomic E-state index is 5.55. The Morgan fingerprint density at radius 1 is 1.19 bits per heavy atom. The summed E-state index contributed by atoms with van der Waals surface area (Å²) in [5.41, 5.74) is 8.93. The van der Waals surface area contributed by atoms with E-state index in [-0.39, 0.29) is 0 Å². The van der Waals surface area contributed by atoms with Crippen molar-refractivity contribution < 1.29 is 0 Å². The van der Waals surface area contributed by atoms with Crippen LogP contribution in [0.4, 0.5) is 0 Å². The van der Waals surface area contributed by atoms with Crippen LogP contribution < -0.4 is 5.73 Å². The van der Waals surface area contributed by atoms with Gasteiger partial charge in [0.05, 0.1) is 5.69 Å². The first-order valence-electron chi connectivity index (χ1n) is 5.20. The minimum atomic E-state index is 0.678. The van der Waals surface area contributed by atoms with Gasteiger partial charge in [0.25, 0.3) is 0 Å². The Balaban J connectivity index is 2.32.